The van der Waals surface area contributed by atoms with Crippen LogP contribution in [0.15, 0.2) is 52.4 Å². The molecule has 0 radical (unpaired) electrons. The average Bonchev–Trinajstić information content (AvgIpc) is 3.42. The Morgan fingerprint density at radius 3 is 2.61 bits per heavy atom. The Balaban J connectivity index is 1.04. The quantitative estimate of drug-likeness (QED) is 0.455. The molecule has 11 heteroatoms. The molecule has 2 atom stereocenters. The molecular weight excluding hydrogens is 482 g/mol. The second-order valence-electron chi connectivity index (χ2n) is 9.02. The highest BCUT2D eigenvalue weighted by Crippen LogP contribution is 2.25. The minimum atomic E-state index is -0.698. The van der Waals surface area contributed by atoms with Crippen LogP contribution in [0.5, 0.6) is 5.75 Å². The lowest BCUT2D eigenvalue weighted by Crippen LogP contribution is -2.45. The van der Waals surface area contributed by atoms with E-state index in [1.165, 1.54) is 0 Å². The molecule has 3 N–H and O–H groups in total. The molecule has 2 fully saturated rings. The molecule has 3 aliphatic heterocycles. The van der Waals surface area contributed by atoms with Crippen molar-refractivity contribution < 1.29 is 24.2 Å². The number of thioether (sulfide) groups is 1. The topological polar surface area (TPSA) is 133 Å². The monoisotopic (exact) mass is 509 g/mol. The maximum atomic E-state index is 11.8. The van der Waals surface area contributed by atoms with Gasteiger partial charge in [-0.2, -0.15) is 9.98 Å². The van der Waals surface area contributed by atoms with Gasteiger partial charge in [-0.15, -0.1) is 0 Å². The van der Waals surface area contributed by atoms with Crippen LogP contribution in [0.1, 0.15) is 18.4 Å². The Hall–Kier alpha value is -3.28. The predicted molar refractivity (Wildman–Crippen MR) is 134 cm³/mol. The first-order valence-electron chi connectivity index (χ1n) is 11.9. The van der Waals surface area contributed by atoms with Gasteiger partial charge in [-0.25, -0.2) is 4.79 Å². The van der Waals surface area contributed by atoms with Crippen LogP contribution in [0.4, 0.5) is 15.3 Å². The molecule has 0 bridgehead atoms. The van der Waals surface area contributed by atoms with E-state index in [9.17, 15) is 19.5 Å². The first-order valence-corrected chi connectivity index (χ1v) is 12.8. The highest BCUT2D eigenvalue weighted by atomic mass is 32.2. The molecule has 2 aromatic rings. The molecule has 0 spiro atoms. The van der Waals surface area contributed by atoms with Crippen LogP contribution in [-0.4, -0.2) is 65.9 Å². The second-order valence-corrected chi connectivity index (χ2v) is 10.2. The molecular formula is C25H27N5O5S. The average molecular weight is 510 g/mol. The van der Waals surface area contributed by atoms with Crippen molar-refractivity contribution in [2.24, 2.45) is 9.98 Å². The number of nitrogens with one attached hydrogen (secondary N) is 2. The molecule has 10 nitrogen and oxygen atoms in total. The minimum Gasteiger partial charge on any atom is -0.488 e. The van der Waals surface area contributed by atoms with E-state index >= 15 is 0 Å². The third-order valence-corrected chi connectivity index (χ3v) is 7.44. The maximum absolute atomic E-state index is 11.8. The Morgan fingerprint density at radius 1 is 1.11 bits per heavy atom. The van der Waals surface area contributed by atoms with Gasteiger partial charge in [0, 0.05) is 31.4 Å². The number of para-hydroxylation sites is 1. The number of aliphatic hydroxyl groups excluding tert-OH is 1. The molecule has 0 saturated carbocycles. The van der Waals surface area contributed by atoms with Gasteiger partial charge < -0.3 is 20.1 Å². The van der Waals surface area contributed by atoms with E-state index in [2.05, 4.69) is 37.7 Å². The number of ether oxygens (including phenoxy) is 1. The first kappa shape index (κ1) is 24.4. The number of piperidine rings is 1. The molecule has 36 heavy (non-hydrogen) atoms. The Morgan fingerprint density at radius 2 is 1.89 bits per heavy atom. The smallest absolute Gasteiger partial charge is 0.368 e. The van der Waals surface area contributed by atoms with Crippen molar-refractivity contribution in [3.63, 3.8) is 0 Å². The molecule has 1 unspecified atom stereocenters. The van der Waals surface area contributed by atoms with Crippen molar-refractivity contribution in [2.45, 2.75) is 36.7 Å². The number of imide groups is 1. The summed E-state index contributed by atoms with van der Waals surface area (Å²) in [6.45, 7) is 2.29. The fourth-order valence-corrected chi connectivity index (χ4v) is 5.39. The number of aliphatic hydroxyl groups is 1. The maximum Gasteiger partial charge on any atom is 0.368 e. The normalized spacial score (nSPS) is 20.5. The van der Waals surface area contributed by atoms with Crippen LogP contribution in [0, 0.1) is 0 Å². The number of amides is 4. The highest BCUT2D eigenvalue weighted by molar-refractivity contribution is 8.15. The summed E-state index contributed by atoms with van der Waals surface area (Å²) in [6.07, 6.45) is 1.74. The summed E-state index contributed by atoms with van der Waals surface area (Å²) in [5, 5.41) is 16.4. The van der Waals surface area contributed by atoms with E-state index in [0.717, 1.165) is 48.9 Å². The summed E-state index contributed by atoms with van der Waals surface area (Å²) in [6, 6.07) is 13.1. The van der Waals surface area contributed by atoms with Gasteiger partial charge >= 0.3 is 6.03 Å². The molecule has 3 aliphatic rings. The van der Waals surface area contributed by atoms with Gasteiger partial charge in [0.25, 0.3) is 5.24 Å². The van der Waals surface area contributed by atoms with Crippen LogP contribution < -0.4 is 31.0 Å². The molecule has 3 heterocycles. The van der Waals surface area contributed by atoms with Gasteiger partial charge in [0.05, 0.1) is 10.6 Å². The van der Waals surface area contributed by atoms with Gasteiger partial charge in [-0.05, 0) is 49.1 Å². The molecule has 0 aromatic heterocycles. The summed E-state index contributed by atoms with van der Waals surface area (Å²) in [4.78, 5) is 44.5. The van der Waals surface area contributed by atoms with Crippen molar-refractivity contribution in [1.82, 2.24) is 10.6 Å². The molecule has 2 saturated heterocycles. The minimum absolute atomic E-state index is 0.0908. The van der Waals surface area contributed by atoms with E-state index in [-0.39, 0.29) is 23.0 Å². The Bertz CT molecular complexity index is 1280. The lowest BCUT2D eigenvalue weighted by molar-refractivity contribution is -0.118. The van der Waals surface area contributed by atoms with Crippen molar-refractivity contribution in [2.75, 3.05) is 31.1 Å². The van der Waals surface area contributed by atoms with Crippen molar-refractivity contribution in [3.05, 3.63) is 58.7 Å². The van der Waals surface area contributed by atoms with Gasteiger partial charge in [0.1, 0.15) is 23.8 Å². The van der Waals surface area contributed by atoms with Crippen LogP contribution >= 0.6 is 11.8 Å². The number of urea groups is 1. The number of anilines is 1. The zero-order valence-electron chi connectivity index (χ0n) is 19.6. The van der Waals surface area contributed by atoms with Crippen molar-refractivity contribution >= 4 is 34.6 Å². The number of fused-ring (bicyclic) bond motifs is 1. The van der Waals surface area contributed by atoms with E-state index in [0.29, 0.717) is 35.5 Å². The van der Waals surface area contributed by atoms with Crippen LogP contribution in [0.2, 0.25) is 0 Å². The lowest BCUT2D eigenvalue weighted by Gasteiger charge is -2.34. The molecule has 0 aliphatic carbocycles. The zero-order chi connectivity index (χ0) is 25.1. The fourth-order valence-electron chi connectivity index (χ4n) is 4.53. The van der Waals surface area contributed by atoms with Gasteiger partial charge in [-0.3, -0.25) is 14.9 Å². The largest absolute Gasteiger partial charge is 0.488 e. The number of rotatable bonds is 9. The SMILES string of the molecule is O=C1N=c2cccc(OC[C@@H](O)CNC3CCN(c4ccc(CC5SC(=O)NC5=O)cc4)CC3)c2=N1. The number of carbonyl (C=O) groups excluding carboxylic acids is 3. The third kappa shape index (κ3) is 5.75. The van der Waals surface area contributed by atoms with E-state index in [1.54, 1.807) is 18.2 Å². The zero-order valence-corrected chi connectivity index (χ0v) is 20.4. The number of benzene rings is 2. The van der Waals surface area contributed by atoms with Gasteiger partial charge in [0.2, 0.25) is 5.91 Å². The molecule has 4 amide bonds. The summed E-state index contributed by atoms with van der Waals surface area (Å²) < 4.78 is 5.69. The summed E-state index contributed by atoms with van der Waals surface area (Å²) in [5.41, 5.74) is 2.17. The van der Waals surface area contributed by atoms with Crippen LogP contribution in [-0.2, 0) is 11.2 Å². The Labute approximate surface area is 211 Å². The predicted octanol–water partition coefficient (Wildman–Crippen LogP) is 0.952. The second kappa shape index (κ2) is 10.8. The van der Waals surface area contributed by atoms with Crippen LogP contribution in [0.3, 0.4) is 0 Å². The highest BCUT2D eigenvalue weighted by Gasteiger charge is 2.31. The third-order valence-electron chi connectivity index (χ3n) is 6.46. The lowest BCUT2D eigenvalue weighted by atomic mass is 10.0. The molecule has 2 aromatic carbocycles. The van der Waals surface area contributed by atoms with Crippen molar-refractivity contribution in [1.29, 1.82) is 0 Å². The van der Waals surface area contributed by atoms with Gasteiger partial charge in [0.15, 0.2) is 0 Å². The first-order chi connectivity index (χ1) is 17.4. The molecule has 188 valence electrons. The van der Waals surface area contributed by atoms with Gasteiger partial charge in [-0.1, -0.05) is 30.0 Å². The molecule has 5 rings (SSSR count). The summed E-state index contributed by atoms with van der Waals surface area (Å²) >= 11 is 1.05. The Kier molecular flexibility index (Phi) is 7.30. The summed E-state index contributed by atoms with van der Waals surface area (Å²) in [5.74, 6) is 0.228. The van der Waals surface area contributed by atoms with Crippen molar-refractivity contribution in [3.8, 4) is 5.75 Å². The fraction of sp³-hybridized carbons (Fsp3) is 0.400. The van der Waals surface area contributed by atoms with E-state index < -0.39 is 12.1 Å². The number of hydrogen-bond donors (Lipinski definition) is 3. The number of nitrogens with zero attached hydrogens (tertiary/aromatic N) is 3. The van der Waals surface area contributed by atoms with Crippen LogP contribution in [0.25, 0.3) is 0 Å². The van der Waals surface area contributed by atoms with E-state index in [4.69, 9.17) is 4.74 Å². The number of carbonyl (C=O) groups is 3. The number of hydrogen-bond acceptors (Lipinski definition) is 8. The summed E-state index contributed by atoms with van der Waals surface area (Å²) in [7, 11) is 0. The van der Waals surface area contributed by atoms with E-state index in [1.807, 2.05) is 12.1 Å². The standard InChI is InChI=1S/C25H27N5O5S/c31-18(14-35-20-3-1-2-19-22(20)28-24(33)27-19)13-26-16-8-10-30(11-9-16)17-6-4-15(5-7-17)12-21-23(32)29-25(34)36-21/h1-7,16,18,21,26,31H,8-14H2,(H,29,32,34)/t18-,21?/m0/s1.